The Morgan fingerprint density at radius 1 is 1.50 bits per heavy atom. The number of carboxylic acid groups (broad SMARTS) is 1. The molecule has 138 valence electrons. The summed E-state index contributed by atoms with van der Waals surface area (Å²) in [6.45, 7) is 2.99. The fraction of sp³-hybridized carbons (Fsp3) is 0.375. The number of pyridine rings is 1. The second-order valence-corrected chi connectivity index (χ2v) is 6.04. The molecule has 2 aromatic rings. The number of rotatable bonds is 5. The van der Waals surface area contributed by atoms with Crippen LogP contribution in [0.2, 0.25) is 0 Å². The van der Waals surface area contributed by atoms with Crippen LogP contribution in [-0.4, -0.2) is 51.8 Å². The summed E-state index contributed by atoms with van der Waals surface area (Å²) in [6.07, 6.45) is 1.32. The minimum absolute atomic E-state index is 0.0418. The molecule has 1 aliphatic rings. The van der Waals surface area contributed by atoms with Gasteiger partial charge in [0.05, 0.1) is 24.2 Å². The number of likely N-dealkylation sites (tertiary alicyclic amines) is 1. The van der Waals surface area contributed by atoms with E-state index in [4.69, 9.17) is 20.1 Å². The third-order valence-electron chi connectivity index (χ3n) is 4.13. The number of carbonyl (C=O) groups is 2. The molecular weight excluding hydrogens is 342 g/mol. The lowest BCUT2D eigenvalue weighted by Gasteiger charge is -2.13. The van der Waals surface area contributed by atoms with E-state index in [-0.39, 0.29) is 17.4 Å². The molecule has 0 aromatic carbocycles. The van der Waals surface area contributed by atoms with Crippen molar-refractivity contribution in [3.63, 3.8) is 0 Å². The summed E-state index contributed by atoms with van der Waals surface area (Å²) in [4.78, 5) is 28.6. The number of carbonyl (C=O) groups excluding carboxylic acids is 1. The van der Waals surface area contributed by atoms with Gasteiger partial charge in [-0.1, -0.05) is 5.16 Å². The van der Waals surface area contributed by atoms with Gasteiger partial charge in [0.2, 0.25) is 11.8 Å². The monoisotopic (exact) mass is 361 g/mol. The number of nitrogens with zero attached hydrogens (tertiary/aromatic N) is 3. The van der Waals surface area contributed by atoms with E-state index in [9.17, 15) is 9.59 Å². The smallest absolute Gasteiger partial charge is 0.407 e. The Labute approximate surface area is 148 Å². The van der Waals surface area contributed by atoms with Crippen molar-refractivity contribution < 1.29 is 24.0 Å². The summed E-state index contributed by atoms with van der Waals surface area (Å²) in [5.41, 5.74) is 6.65. The number of hydrogen-bond acceptors (Lipinski definition) is 7. The summed E-state index contributed by atoms with van der Waals surface area (Å²) in [5, 5.41) is 15.2. The average Bonchev–Trinajstić information content (AvgIpc) is 3.21. The van der Waals surface area contributed by atoms with Crippen LogP contribution in [0.1, 0.15) is 22.5 Å². The molecule has 2 amide bonds. The third-order valence-corrected chi connectivity index (χ3v) is 4.13. The summed E-state index contributed by atoms with van der Waals surface area (Å²) in [6, 6.07) is 3.28. The molecule has 3 rings (SSSR count). The van der Waals surface area contributed by atoms with Crippen LogP contribution >= 0.6 is 0 Å². The van der Waals surface area contributed by atoms with Crippen LogP contribution in [0.25, 0.3) is 0 Å². The van der Waals surface area contributed by atoms with Gasteiger partial charge in [0, 0.05) is 25.1 Å². The molecule has 3 heterocycles. The van der Waals surface area contributed by atoms with Crippen molar-refractivity contribution in [1.29, 1.82) is 0 Å². The Bertz CT molecular complexity index is 784. The summed E-state index contributed by atoms with van der Waals surface area (Å²) < 4.78 is 10.4. The van der Waals surface area contributed by atoms with Crippen LogP contribution in [0.15, 0.2) is 22.9 Å². The summed E-state index contributed by atoms with van der Waals surface area (Å²) >= 11 is 0. The van der Waals surface area contributed by atoms with E-state index in [1.807, 2.05) is 0 Å². The van der Waals surface area contributed by atoms with Crippen molar-refractivity contribution in [3.8, 4) is 5.88 Å². The average molecular weight is 361 g/mol. The zero-order valence-corrected chi connectivity index (χ0v) is 14.1. The van der Waals surface area contributed by atoms with Gasteiger partial charge in [-0.2, -0.15) is 0 Å². The fourth-order valence-corrected chi connectivity index (χ4v) is 2.74. The first kappa shape index (κ1) is 17.5. The molecule has 0 spiro atoms. The Morgan fingerprint density at radius 3 is 2.88 bits per heavy atom. The van der Waals surface area contributed by atoms with E-state index in [0.29, 0.717) is 37.0 Å². The van der Waals surface area contributed by atoms with Gasteiger partial charge in [0.15, 0.2) is 0 Å². The van der Waals surface area contributed by atoms with Gasteiger partial charge < -0.3 is 30.3 Å². The normalized spacial score (nSPS) is 16.5. The van der Waals surface area contributed by atoms with Crippen molar-refractivity contribution in [3.05, 3.63) is 29.6 Å². The number of ether oxygens (including phenoxy) is 1. The van der Waals surface area contributed by atoms with E-state index in [1.54, 1.807) is 19.1 Å². The lowest BCUT2D eigenvalue weighted by molar-refractivity contribution is 0.102. The van der Waals surface area contributed by atoms with Crippen LogP contribution in [0, 0.1) is 12.8 Å². The lowest BCUT2D eigenvalue weighted by atomic mass is 10.1. The zero-order valence-electron chi connectivity index (χ0n) is 14.1. The quantitative estimate of drug-likeness (QED) is 0.728. The first-order valence-corrected chi connectivity index (χ1v) is 8.04. The van der Waals surface area contributed by atoms with Crippen molar-refractivity contribution in [2.24, 2.45) is 5.92 Å². The van der Waals surface area contributed by atoms with Crippen molar-refractivity contribution in [2.75, 3.05) is 30.7 Å². The molecule has 1 saturated heterocycles. The van der Waals surface area contributed by atoms with Gasteiger partial charge in [-0.25, -0.2) is 9.78 Å². The SMILES string of the molecule is Cc1noc(N)c1C(=O)Nc1ccc(OC[C@@H]2CCN(C(=O)O)C2)nc1. The molecule has 0 radical (unpaired) electrons. The predicted octanol–water partition coefficient (Wildman–Crippen LogP) is 1.59. The molecule has 2 aromatic heterocycles. The van der Waals surface area contributed by atoms with E-state index in [2.05, 4.69) is 15.5 Å². The standard InChI is InChI=1S/C16H19N5O5/c1-9-13(14(17)26-20-9)15(22)19-11-2-3-12(18-6-11)25-8-10-4-5-21(7-10)16(23)24/h2-3,6,10H,4-5,7-8,17H2,1H3,(H,19,22)(H,23,24)/t10-/m1/s1. The van der Waals surface area contributed by atoms with E-state index >= 15 is 0 Å². The number of anilines is 2. The molecule has 26 heavy (non-hydrogen) atoms. The first-order valence-electron chi connectivity index (χ1n) is 8.04. The summed E-state index contributed by atoms with van der Waals surface area (Å²) in [7, 11) is 0. The molecule has 0 aliphatic carbocycles. The molecule has 10 nitrogen and oxygen atoms in total. The molecule has 1 aliphatic heterocycles. The molecular formula is C16H19N5O5. The fourth-order valence-electron chi connectivity index (χ4n) is 2.74. The largest absolute Gasteiger partial charge is 0.477 e. The number of nitrogen functional groups attached to an aromatic ring is 1. The second kappa shape index (κ2) is 7.30. The van der Waals surface area contributed by atoms with Gasteiger partial charge in [0.25, 0.3) is 5.91 Å². The van der Waals surface area contributed by atoms with E-state index < -0.39 is 12.0 Å². The molecule has 0 saturated carbocycles. The first-order chi connectivity index (χ1) is 12.4. The molecule has 0 unspecified atom stereocenters. The minimum Gasteiger partial charge on any atom is -0.477 e. The van der Waals surface area contributed by atoms with Crippen molar-refractivity contribution >= 4 is 23.6 Å². The number of nitrogens with one attached hydrogen (secondary N) is 1. The highest BCUT2D eigenvalue weighted by Gasteiger charge is 2.26. The Morgan fingerprint density at radius 2 is 2.31 bits per heavy atom. The Kier molecular flexibility index (Phi) is 4.92. The van der Waals surface area contributed by atoms with E-state index in [0.717, 1.165) is 6.42 Å². The minimum atomic E-state index is -0.908. The molecule has 1 atom stereocenters. The predicted molar refractivity (Wildman–Crippen MR) is 91.0 cm³/mol. The van der Waals surface area contributed by atoms with Crippen LogP contribution in [0.5, 0.6) is 5.88 Å². The van der Waals surface area contributed by atoms with Crippen LogP contribution < -0.4 is 15.8 Å². The number of nitrogens with two attached hydrogens (primary N) is 1. The maximum absolute atomic E-state index is 12.2. The molecule has 0 bridgehead atoms. The number of amides is 2. The van der Waals surface area contributed by atoms with Gasteiger partial charge >= 0.3 is 6.09 Å². The van der Waals surface area contributed by atoms with Gasteiger partial charge in [-0.15, -0.1) is 0 Å². The number of aromatic nitrogens is 2. The highest BCUT2D eigenvalue weighted by Crippen LogP contribution is 2.20. The van der Waals surface area contributed by atoms with Gasteiger partial charge in [-0.05, 0) is 19.4 Å². The number of aryl methyl sites for hydroxylation is 1. The van der Waals surface area contributed by atoms with E-state index in [1.165, 1.54) is 11.1 Å². The third kappa shape index (κ3) is 3.85. The molecule has 4 N–H and O–H groups in total. The van der Waals surface area contributed by atoms with Crippen molar-refractivity contribution in [1.82, 2.24) is 15.0 Å². The second-order valence-electron chi connectivity index (χ2n) is 6.04. The Hall–Kier alpha value is -3.30. The topological polar surface area (TPSA) is 144 Å². The highest BCUT2D eigenvalue weighted by molar-refractivity contribution is 6.07. The summed E-state index contributed by atoms with van der Waals surface area (Å²) in [5.74, 6) is 0.0700. The maximum Gasteiger partial charge on any atom is 0.407 e. The molecule has 10 heteroatoms. The van der Waals surface area contributed by atoms with Gasteiger partial charge in [-0.3, -0.25) is 4.79 Å². The van der Waals surface area contributed by atoms with Crippen LogP contribution in [0.3, 0.4) is 0 Å². The van der Waals surface area contributed by atoms with Gasteiger partial charge in [0.1, 0.15) is 5.56 Å². The number of hydrogen-bond donors (Lipinski definition) is 3. The lowest BCUT2D eigenvalue weighted by Crippen LogP contribution is -2.27. The highest BCUT2D eigenvalue weighted by atomic mass is 16.5. The Balaban J connectivity index is 1.52. The van der Waals surface area contributed by atoms with Crippen LogP contribution in [0.4, 0.5) is 16.4 Å². The maximum atomic E-state index is 12.2. The van der Waals surface area contributed by atoms with Crippen molar-refractivity contribution in [2.45, 2.75) is 13.3 Å². The van der Waals surface area contributed by atoms with Crippen LogP contribution in [-0.2, 0) is 0 Å². The molecule has 1 fully saturated rings. The zero-order chi connectivity index (χ0) is 18.7.